The number of carbonyl (C=O) groups is 2. The Morgan fingerprint density at radius 1 is 1.31 bits per heavy atom. The van der Waals surface area contributed by atoms with Crippen molar-refractivity contribution in [2.75, 3.05) is 18.4 Å². The molecule has 0 aliphatic carbocycles. The molecule has 2 atom stereocenters. The van der Waals surface area contributed by atoms with Crippen molar-refractivity contribution in [3.05, 3.63) is 28.8 Å². The van der Waals surface area contributed by atoms with Crippen LogP contribution in [0.4, 0.5) is 10.5 Å². The van der Waals surface area contributed by atoms with Crippen molar-refractivity contribution in [2.24, 2.45) is 0 Å². The summed E-state index contributed by atoms with van der Waals surface area (Å²) < 4.78 is 5.32. The van der Waals surface area contributed by atoms with Crippen LogP contribution in [-0.2, 0) is 9.53 Å². The second kappa shape index (κ2) is 11.6. The zero-order chi connectivity index (χ0) is 23.7. The Kier molecular flexibility index (Phi) is 9.16. The Labute approximate surface area is 194 Å². The maximum Gasteiger partial charge on any atom is 0.408 e. The molecule has 0 aromatic heterocycles. The molecule has 1 saturated heterocycles. The number of alkyl carbamates (subject to hydrolysis) is 1. The fourth-order valence-electron chi connectivity index (χ4n) is 3.50. The van der Waals surface area contributed by atoms with Crippen LogP contribution < -0.4 is 10.6 Å². The molecule has 0 unspecified atom stereocenters. The second-order valence-corrected chi connectivity index (χ2v) is 9.15. The quantitative estimate of drug-likeness (QED) is 0.562. The molecular formula is C23H30ClN5O3. The van der Waals surface area contributed by atoms with Crippen LogP contribution in [0.5, 0.6) is 0 Å². The number of benzene rings is 1. The van der Waals surface area contributed by atoms with Gasteiger partial charge in [-0.2, -0.15) is 10.5 Å². The molecule has 2 amide bonds. The highest BCUT2D eigenvalue weighted by Gasteiger charge is 2.34. The lowest BCUT2D eigenvalue weighted by atomic mass is 10.1. The number of carbonyl (C=O) groups excluding carboxylic acids is 2. The van der Waals surface area contributed by atoms with E-state index in [1.165, 1.54) is 0 Å². The van der Waals surface area contributed by atoms with E-state index in [-0.39, 0.29) is 5.91 Å². The summed E-state index contributed by atoms with van der Waals surface area (Å²) in [4.78, 5) is 26.9. The number of rotatable bonds is 8. The van der Waals surface area contributed by atoms with E-state index in [4.69, 9.17) is 21.6 Å². The maximum atomic E-state index is 13.1. The average molecular weight is 460 g/mol. The number of halogens is 1. The van der Waals surface area contributed by atoms with Gasteiger partial charge in [0, 0.05) is 13.1 Å². The van der Waals surface area contributed by atoms with Crippen LogP contribution in [0, 0.1) is 22.7 Å². The first-order valence-corrected chi connectivity index (χ1v) is 11.2. The summed E-state index contributed by atoms with van der Waals surface area (Å²) in [5.41, 5.74) is 0.553. The van der Waals surface area contributed by atoms with Crippen LogP contribution >= 0.6 is 11.6 Å². The van der Waals surface area contributed by atoms with Gasteiger partial charge < -0.3 is 20.3 Å². The molecule has 9 heteroatoms. The molecule has 1 aliphatic rings. The van der Waals surface area contributed by atoms with E-state index in [0.717, 1.165) is 18.5 Å². The smallest absolute Gasteiger partial charge is 0.408 e. The van der Waals surface area contributed by atoms with Gasteiger partial charge in [-0.05, 0) is 71.1 Å². The number of hydrogen-bond acceptors (Lipinski definition) is 6. The maximum absolute atomic E-state index is 13.1. The lowest BCUT2D eigenvalue weighted by Gasteiger charge is -2.27. The molecule has 0 radical (unpaired) electrons. The summed E-state index contributed by atoms with van der Waals surface area (Å²) in [5, 5.41) is 24.6. The van der Waals surface area contributed by atoms with Crippen LogP contribution in [0.3, 0.4) is 0 Å². The molecule has 1 aliphatic heterocycles. The molecule has 8 nitrogen and oxygen atoms in total. The number of unbranched alkanes of at least 4 members (excludes halogenated alkanes) is 1. The third-order valence-electron chi connectivity index (χ3n) is 5.01. The Morgan fingerprint density at radius 3 is 2.69 bits per heavy atom. The number of likely N-dealkylation sites (tertiary alicyclic amines) is 1. The molecule has 1 fully saturated rings. The molecule has 1 aromatic carbocycles. The summed E-state index contributed by atoms with van der Waals surface area (Å²) >= 11 is 6.17. The summed E-state index contributed by atoms with van der Waals surface area (Å²) in [7, 11) is 0. The fourth-order valence-corrected chi connectivity index (χ4v) is 3.74. The van der Waals surface area contributed by atoms with E-state index in [2.05, 4.69) is 16.7 Å². The molecule has 1 heterocycles. The summed E-state index contributed by atoms with van der Waals surface area (Å²) in [6.07, 6.45) is 2.60. The zero-order valence-corrected chi connectivity index (χ0v) is 19.5. The largest absolute Gasteiger partial charge is 0.444 e. The average Bonchev–Trinajstić information content (AvgIpc) is 3.20. The molecule has 2 rings (SSSR count). The minimum atomic E-state index is -0.752. The lowest BCUT2D eigenvalue weighted by Crippen LogP contribution is -2.50. The Hall–Kier alpha value is -2.97. The van der Waals surface area contributed by atoms with Crippen molar-refractivity contribution < 1.29 is 14.3 Å². The molecule has 0 saturated carbocycles. The van der Waals surface area contributed by atoms with Crippen LogP contribution in [0.15, 0.2) is 18.2 Å². The molecule has 2 N–H and O–H groups in total. The minimum absolute atomic E-state index is 0.247. The van der Waals surface area contributed by atoms with Crippen LogP contribution in [-0.4, -0.2) is 47.7 Å². The van der Waals surface area contributed by atoms with Gasteiger partial charge in [0.05, 0.1) is 28.4 Å². The van der Waals surface area contributed by atoms with Gasteiger partial charge in [-0.1, -0.05) is 11.6 Å². The van der Waals surface area contributed by atoms with E-state index in [9.17, 15) is 14.9 Å². The van der Waals surface area contributed by atoms with Gasteiger partial charge >= 0.3 is 6.09 Å². The third-order valence-corrected chi connectivity index (χ3v) is 5.32. The van der Waals surface area contributed by atoms with Gasteiger partial charge in [0.1, 0.15) is 17.7 Å². The molecular weight excluding hydrogens is 430 g/mol. The Bertz CT molecular complexity index is 900. The van der Waals surface area contributed by atoms with Crippen molar-refractivity contribution in [1.29, 1.82) is 10.5 Å². The number of ether oxygens (including phenoxy) is 1. The van der Waals surface area contributed by atoms with Crippen molar-refractivity contribution >= 4 is 29.3 Å². The molecule has 172 valence electrons. The monoisotopic (exact) mass is 459 g/mol. The first-order chi connectivity index (χ1) is 15.1. The topological polar surface area (TPSA) is 118 Å². The molecule has 0 spiro atoms. The van der Waals surface area contributed by atoms with Gasteiger partial charge in [0.25, 0.3) is 0 Å². The number of anilines is 1. The Balaban J connectivity index is 1.92. The van der Waals surface area contributed by atoms with Crippen molar-refractivity contribution in [2.45, 2.75) is 70.6 Å². The number of nitrogens with zero attached hydrogens (tertiary/aromatic N) is 3. The van der Waals surface area contributed by atoms with E-state index in [0.29, 0.717) is 42.9 Å². The van der Waals surface area contributed by atoms with E-state index >= 15 is 0 Å². The van der Waals surface area contributed by atoms with Crippen LogP contribution in [0.1, 0.15) is 58.4 Å². The number of nitrogens with one attached hydrogen (secondary N) is 2. The first-order valence-electron chi connectivity index (χ1n) is 10.8. The summed E-state index contributed by atoms with van der Waals surface area (Å²) in [6, 6.07) is 8.05. The van der Waals surface area contributed by atoms with Gasteiger partial charge in [0.2, 0.25) is 5.91 Å². The van der Waals surface area contributed by atoms with Gasteiger partial charge in [-0.15, -0.1) is 0 Å². The first kappa shape index (κ1) is 25.3. The van der Waals surface area contributed by atoms with Crippen molar-refractivity contribution in [3.8, 4) is 12.1 Å². The van der Waals surface area contributed by atoms with E-state index < -0.39 is 23.8 Å². The van der Waals surface area contributed by atoms with E-state index in [1.807, 2.05) is 6.07 Å². The predicted molar refractivity (Wildman–Crippen MR) is 122 cm³/mol. The highest BCUT2D eigenvalue weighted by atomic mass is 35.5. The summed E-state index contributed by atoms with van der Waals surface area (Å²) in [5.74, 6) is -0.247. The molecule has 0 bridgehead atoms. The highest BCUT2D eigenvalue weighted by molar-refractivity contribution is 6.33. The normalized spacial score (nSPS) is 16.6. The number of amides is 2. The van der Waals surface area contributed by atoms with E-state index in [1.54, 1.807) is 43.9 Å². The Morgan fingerprint density at radius 2 is 2.06 bits per heavy atom. The minimum Gasteiger partial charge on any atom is -0.444 e. The fraction of sp³-hybridized carbons (Fsp3) is 0.565. The van der Waals surface area contributed by atoms with Crippen molar-refractivity contribution in [3.63, 3.8) is 0 Å². The second-order valence-electron chi connectivity index (χ2n) is 8.75. The number of nitriles is 2. The molecule has 32 heavy (non-hydrogen) atoms. The van der Waals surface area contributed by atoms with Crippen LogP contribution in [0.25, 0.3) is 0 Å². The van der Waals surface area contributed by atoms with Gasteiger partial charge in [-0.3, -0.25) is 4.79 Å². The molecule has 1 aromatic rings. The zero-order valence-electron chi connectivity index (χ0n) is 18.8. The van der Waals surface area contributed by atoms with Gasteiger partial charge in [-0.25, -0.2) is 4.79 Å². The predicted octanol–water partition coefficient (Wildman–Crippen LogP) is 4.20. The SMILES string of the molecule is CC(C)(C)OC(=O)N[C@@H](CCCCNc1ccc(C#N)cc1Cl)C(=O)N1CCC[C@H]1C#N. The number of hydrogen-bond donors (Lipinski definition) is 2. The van der Waals surface area contributed by atoms with Gasteiger partial charge in [0.15, 0.2) is 0 Å². The van der Waals surface area contributed by atoms with Crippen LogP contribution in [0.2, 0.25) is 5.02 Å². The summed E-state index contributed by atoms with van der Waals surface area (Å²) in [6.45, 7) is 6.41. The highest BCUT2D eigenvalue weighted by Crippen LogP contribution is 2.23. The standard InChI is InChI=1S/C23H30ClN5O3/c1-23(2,3)32-22(31)28-20(21(30)29-12-6-7-17(29)15-26)8-4-5-11-27-19-10-9-16(14-25)13-18(19)24/h9-10,13,17,20,27H,4-8,11-12H2,1-3H3,(H,28,31)/t17-,20-/m0/s1. The third kappa shape index (κ3) is 7.62. The lowest BCUT2D eigenvalue weighted by molar-refractivity contribution is -0.133. The van der Waals surface area contributed by atoms with Crippen molar-refractivity contribution in [1.82, 2.24) is 10.2 Å².